The first-order valence-electron chi connectivity index (χ1n) is 5.18. The molecule has 19 heavy (non-hydrogen) atoms. The molecule has 2 aromatic carbocycles. The molecule has 0 saturated carbocycles. The first-order chi connectivity index (χ1) is 9.01. The highest BCUT2D eigenvalue weighted by Gasteiger charge is 2.11. The van der Waals surface area contributed by atoms with Crippen molar-refractivity contribution in [2.45, 2.75) is 5.88 Å². The van der Waals surface area contributed by atoms with Gasteiger partial charge in [0.2, 0.25) is 0 Å². The lowest BCUT2D eigenvalue weighted by molar-refractivity contribution is 0.478. The van der Waals surface area contributed by atoms with Crippen molar-refractivity contribution in [3.8, 4) is 11.5 Å². The molecule has 0 unspecified atom stereocenters. The number of hydrogen-bond donors (Lipinski definition) is 0. The molecule has 0 spiro atoms. The fraction of sp³-hybridized carbons (Fsp3) is 0.0769. The highest BCUT2D eigenvalue weighted by Crippen LogP contribution is 2.38. The summed E-state index contributed by atoms with van der Waals surface area (Å²) in [4.78, 5) is 0. The lowest BCUT2D eigenvalue weighted by Gasteiger charge is -2.12. The molecule has 0 amide bonds. The summed E-state index contributed by atoms with van der Waals surface area (Å²) < 4.78 is 6.64. The van der Waals surface area contributed by atoms with Crippen LogP contribution >= 0.6 is 62.3 Å². The molecular weight excluding hydrogens is 394 g/mol. The van der Waals surface area contributed by atoms with Crippen molar-refractivity contribution >= 4 is 62.3 Å². The van der Waals surface area contributed by atoms with Crippen LogP contribution in [0.15, 0.2) is 34.8 Å². The quantitative estimate of drug-likeness (QED) is 0.400. The molecule has 0 aromatic heterocycles. The maximum Gasteiger partial charge on any atom is 0.147 e. The molecule has 0 aliphatic heterocycles. The summed E-state index contributed by atoms with van der Waals surface area (Å²) in [5, 5.41) is 1.14. The number of alkyl halides is 1. The Balaban J connectivity index is 2.41. The van der Waals surface area contributed by atoms with Gasteiger partial charge in [0, 0.05) is 16.1 Å². The molecule has 0 bridgehead atoms. The van der Waals surface area contributed by atoms with Gasteiger partial charge in [0.05, 0.1) is 20.9 Å². The fourth-order valence-corrected chi connectivity index (χ4v) is 2.57. The van der Waals surface area contributed by atoms with Crippen LogP contribution in [0.25, 0.3) is 0 Å². The van der Waals surface area contributed by atoms with Crippen LogP contribution in [0.4, 0.5) is 0 Å². The predicted octanol–water partition coefficient (Wildman–Crippen LogP) is 6.94. The molecule has 6 heteroatoms. The Kier molecular flexibility index (Phi) is 5.27. The minimum atomic E-state index is 0.335. The van der Waals surface area contributed by atoms with Gasteiger partial charge in [0.25, 0.3) is 0 Å². The van der Waals surface area contributed by atoms with E-state index in [0.717, 1.165) is 10.0 Å². The zero-order valence-electron chi connectivity index (χ0n) is 9.39. The van der Waals surface area contributed by atoms with Gasteiger partial charge in [0.15, 0.2) is 0 Å². The van der Waals surface area contributed by atoms with Gasteiger partial charge in [-0.3, -0.25) is 0 Å². The maximum atomic E-state index is 6.07. The van der Waals surface area contributed by atoms with Gasteiger partial charge < -0.3 is 4.74 Å². The number of hydrogen-bond acceptors (Lipinski definition) is 1. The third kappa shape index (κ3) is 3.71. The van der Waals surface area contributed by atoms with E-state index in [4.69, 9.17) is 51.1 Å². The first-order valence-corrected chi connectivity index (χ1v) is 7.64. The molecule has 2 rings (SSSR count). The second-order valence-electron chi connectivity index (χ2n) is 3.68. The second-order valence-corrected chi connectivity index (χ2v) is 6.09. The zero-order chi connectivity index (χ0) is 14.0. The van der Waals surface area contributed by atoms with Crippen LogP contribution in [0.1, 0.15) is 5.56 Å². The van der Waals surface area contributed by atoms with E-state index in [1.54, 1.807) is 12.1 Å². The summed E-state index contributed by atoms with van der Waals surface area (Å²) in [6.07, 6.45) is 0. The van der Waals surface area contributed by atoms with E-state index >= 15 is 0 Å². The number of ether oxygens (including phenoxy) is 1. The van der Waals surface area contributed by atoms with Crippen LogP contribution in [0, 0.1) is 0 Å². The summed E-state index contributed by atoms with van der Waals surface area (Å²) in [7, 11) is 0. The normalized spacial score (nSPS) is 10.6. The zero-order valence-corrected chi connectivity index (χ0v) is 14.0. The molecule has 1 nitrogen and oxygen atoms in total. The Morgan fingerprint density at radius 3 is 2.26 bits per heavy atom. The van der Waals surface area contributed by atoms with Crippen molar-refractivity contribution in [1.82, 2.24) is 0 Å². The fourth-order valence-electron chi connectivity index (χ4n) is 1.43. The van der Waals surface area contributed by atoms with Crippen molar-refractivity contribution in [2.75, 3.05) is 0 Å². The van der Waals surface area contributed by atoms with E-state index in [9.17, 15) is 0 Å². The average molecular weight is 401 g/mol. The lowest BCUT2D eigenvalue weighted by Crippen LogP contribution is -1.91. The number of benzene rings is 2. The van der Waals surface area contributed by atoms with E-state index < -0.39 is 0 Å². The Labute approximate surface area is 139 Å². The molecule has 0 atom stereocenters. The smallest absolute Gasteiger partial charge is 0.147 e. The summed E-state index contributed by atoms with van der Waals surface area (Å²) in [5.74, 6) is 1.38. The Bertz CT molecular complexity index is 616. The van der Waals surface area contributed by atoms with Crippen molar-refractivity contribution in [3.05, 3.63) is 55.4 Å². The standard InChI is InChI=1S/C13H7BrCl4O/c14-8-2-1-7(6-15)12(3-8)19-13-5-10(17)9(16)4-11(13)18/h1-5H,6H2. The minimum absolute atomic E-state index is 0.335. The molecule has 2 aromatic rings. The molecule has 0 N–H and O–H groups in total. The largest absolute Gasteiger partial charge is 0.455 e. The van der Waals surface area contributed by atoms with Crippen LogP contribution in [0.2, 0.25) is 15.1 Å². The maximum absolute atomic E-state index is 6.07. The molecule has 0 fully saturated rings. The van der Waals surface area contributed by atoms with Gasteiger partial charge in [-0.05, 0) is 18.2 Å². The third-order valence-electron chi connectivity index (χ3n) is 2.37. The molecule has 0 saturated heterocycles. The Morgan fingerprint density at radius 2 is 1.58 bits per heavy atom. The lowest BCUT2D eigenvalue weighted by atomic mass is 10.2. The van der Waals surface area contributed by atoms with Crippen molar-refractivity contribution in [3.63, 3.8) is 0 Å². The average Bonchev–Trinajstić information content (AvgIpc) is 2.36. The Morgan fingerprint density at radius 1 is 0.895 bits per heavy atom. The third-order valence-corrected chi connectivity index (χ3v) is 4.17. The van der Waals surface area contributed by atoms with E-state index in [-0.39, 0.29) is 0 Å². The molecule has 0 aliphatic rings. The molecular formula is C13H7BrCl4O. The monoisotopic (exact) mass is 398 g/mol. The van der Waals surface area contributed by atoms with Crippen molar-refractivity contribution < 1.29 is 4.74 Å². The SMILES string of the molecule is ClCc1ccc(Br)cc1Oc1cc(Cl)c(Cl)cc1Cl. The molecule has 0 heterocycles. The minimum Gasteiger partial charge on any atom is -0.455 e. The van der Waals surface area contributed by atoms with Gasteiger partial charge in [-0.2, -0.15) is 0 Å². The summed E-state index contributed by atoms with van der Waals surface area (Å²) in [6.45, 7) is 0. The van der Waals surface area contributed by atoms with Crippen molar-refractivity contribution in [1.29, 1.82) is 0 Å². The summed E-state index contributed by atoms with van der Waals surface area (Å²) in [6, 6.07) is 8.69. The van der Waals surface area contributed by atoms with Gasteiger partial charge in [0.1, 0.15) is 11.5 Å². The van der Waals surface area contributed by atoms with Crippen LogP contribution in [0.3, 0.4) is 0 Å². The van der Waals surface area contributed by atoms with E-state index in [1.807, 2.05) is 18.2 Å². The van der Waals surface area contributed by atoms with E-state index in [2.05, 4.69) is 15.9 Å². The van der Waals surface area contributed by atoms with Crippen LogP contribution < -0.4 is 4.74 Å². The van der Waals surface area contributed by atoms with Gasteiger partial charge in [-0.25, -0.2) is 0 Å². The highest BCUT2D eigenvalue weighted by molar-refractivity contribution is 9.10. The van der Waals surface area contributed by atoms with E-state index in [0.29, 0.717) is 32.4 Å². The highest BCUT2D eigenvalue weighted by atomic mass is 79.9. The second kappa shape index (κ2) is 6.55. The molecule has 100 valence electrons. The summed E-state index contributed by atoms with van der Waals surface area (Å²) in [5.41, 5.74) is 0.854. The van der Waals surface area contributed by atoms with Crippen LogP contribution in [-0.4, -0.2) is 0 Å². The van der Waals surface area contributed by atoms with Gasteiger partial charge in [-0.1, -0.05) is 56.8 Å². The van der Waals surface area contributed by atoms with Gasteiger partial charge in [-0.15, -0.1) is 11.6 Å². The topological polar surface area (TPSA) is 9.23 Å². The van der Waals surface area contributed by atoms with Crippen molar-refractivity contribution in [2.24, 2.45) is 0 Å². The van der Waals surface area contributed by atoms with Crippen LogP contribution in [-0.2, 0) is 5.88 Å². The number of halogens is 5. The Hall–Kier alpha value is -0.120. The number of rotatable bonds is 3. The van der Waals surface area contributed by atoms with Gasteiger partial charge >= 0.3 is 0 Å². The predicted molar refractivity (Wildman–Crippen MR) is 85.2 cm³/mol. The molecule has 0 radical (unpaired) electrons. The molecule has 0 aliphatic carbocycles. The van der Waals surface area contributed by atoms with E-state index in [1.165, 1.54) is 0 Å². The first kappa shape index (κ1) is 15.3. The van der Waals surface area contributed by atoms with Crippen LogP contribution in [0.5, 0.6) is 11.5 Å². The summed E-state index contributed by atoms with van der Waals surface area (Å²) >= 11 is 27.1.